The average molecular weight is 585 g/mol. The molecule has 4 rings (SSSR count). The maximum atomic E-state index is 14.0. The molecule has 0 bridgehead atoms. The van der Waals surface area contributed by atoms with Gasteiger partial charge >= 0.3 is 12.0 Å². The third-order valence-corrected chi connectivity index (χ3v) is 6.40. The van der Waals surface area contributed by atoms with Crippen molar-refractivity contribution in [2.45, 2.75) is 58.3 Å². The molecule has 222 valence electrons. The van der Waals surface area contributed by atoms with E-state index in [1.54, 1.807) is 39.0 Å². The SMILES string of the molecule is C=C(COc1cc(F)c(F)cc1NC(=O)NCc1ccc2c(c1)CN(C1CCC(=O)NC1=O)C2=O)C(=O)OC(C)(C)C. The topological polar surface area (TPSA) is 143 Å². The second-order valence-corrected chi connectivity index (χ2v) is 10.9. The van der Waals surface area contributed by atoms with Crippen LogP contribution in [0, 0.1) is 11.6 Å². The Kier molecular flexibility index (Phi) is 8.59. The molecule has 0 spiro atoms. The number of hydrogen-bond donors (Lipinski definition) is 3. The van der Waals surface area contributed by atoms with Crippen molar-refractivity contribution in [1.82, 2.24) is 15.5 Å². The predicted molar refractivity (Wildman–Crippen MR) is 145 cm³/mol. The fourth-order valence-corrected chi connectivity index (χ4v) is 4.41. The molecule has 2 aliphatic rings. The number of anilines is 1. The van der Waals surface area contributed by atoms with Crippen molar-refractivity contribution in [3.63, 3.8) is 0 Å². The summed E-state index contributed by atoms with van der Waals surface area (Å²) in [6.07, 6.45) is 0.383. The van der Waals surface area contributed by atoms with E-state index in [0.717, 1.165) is 12.1 Å². The maximum Gasteiger partial charge on any atom is 0.337 e. The van der Waals surface area contributed by atoms with E-state index in [0.29, 0.717) is 16.7 Å². The van der Waals surface area contributed by atoms with Gasteiger partial charge in [-0.05, 0) is 44.4 Å². The summed E-state index contributed by atoms with van der Waals surface area (Å²) in [5.41, 5.74) is 0.681. The van der Waals surface area contributed by atoms with Gasteiger partial charge in [-0.15, -0.1) is 0 Å². The number of benzene rings is 2. The molecular formula is C29H30F2N4O7. The Morgan fingerprint density at radius 2 is 1.83 bits per heavy atom. The van der Waals surface area contributed by atoms with Crippen molar-refractivity contribution < 1.29 is 42.2 Å². The molecule has 1 saturated heterocycles. The second kappa shape index (κ2) is 12.0. The molecule has 0 aliphatic carbocycles. The van der Waals surface area contributed by atoms with Gasteiger partial charge in [-0.2, -0.15) is 0 Å². The summed E-state index contributed by atoms with van der Waals surface area (Å²) in [6.45, 7) is 8.40. The zero-order valence-electron chi connectivity index (χ0n) is 23.3. The van der Waals surface area contributed by atoms with E-state index in [-0.39, 0.29) is 54.8 Å². The van der Waals surface area contributed by atoms with Crippen molar-refractivity contribution in [1.29, 1.82) is 0 Å². The molecule has 1 fully saturated rings. The number of carbonyl (C=O) groups excluding carboxylic acids is 5. The average Bonchev–Trinajstić information content (AvgIpc) is 3.22. The Labute approximate surface area is 240 Å². The van der Waals surface area contributed by atoms with Crippen LogP contribution in [0.4, 0.5) is 19.3 Å². The summed E-state index contributed by atoms with van der Waals surface area (Å²) in [6, 6.07) is 4.91. The van der Waals surface area contributed by atoms with Gasteiger partial charge in [-0.1, -0.05) is 18.7 Å². The zero-order valence-corrected chi connectivity index (χ0v) is 23.3. The molecule has 11 nitrogen and oxygen atoms in total. The smallest absolute Gasteiger partial charge is 0.337 e. The summed E-state index contributed by atoms with van der Waals surface area (Å²) < 4.78 is 38.5. The number of halogens is 2. The van der Waals surface area contributed by atoms with E-state index in [1.807, 2.05) is 0 Å². The number of nitrogens with zero attached hydrogens (tertiary/aromatic N) is 1. The van der Waals surface area contributed by atoms with Crippen molar-refractivity contribution in [3.05, 3.63) is 70.8 Å². The minimum Gasteiger partial charge on any atom is -0.486 e. The van der Waals surface area contributed by atoms with E-state index >= 15 is 0 Å². The fourth-order valence-electron chi connectivity index (χ4n) is 4.41. The third kappa shape index (κ3) is 7.09. The summed E-state index contributed by atoms with van der Waals surface area (Å²) in [5.74, 6) is -4.63. The number of fused-ring (bicyclic) bond motifs is 1. The number of piperidine rings is 1. The van der Waals surface area contributed by atoms with Crippen LogP contribution in [0.25, 0.3) is 0 Å². The molecule has 2 heterocycles. The molecule has 2 aromatic carbocycles. The standard InChI is InChI=1S/C29H30F2N4O7/c1-15(27(39)42-29(2,3)4)14-41-23-11-20(31)19(30)10-21(23)33-28(40)32-12-16-5-6-18-17(9-16)13-35(26(18)38)22-7-8-24(36)34-25(22)37/h5-6,9-11,22H,1,7-8,12-14H2,2-4H3,(H2,32,33,40)(H,34,36,37). The second-order valence-electron chi connectivity index (χ2n) is 10.9. The van der Waals surface area contributed by atoms with Gasteiger partial charge in [-0.25, -0.2) is 18.4 Å². The molecule has 0 saturated carbocycles. The molecule has 3 N–H and O–H groups in total. The van der Waals surface area contributed by atoms with Gasteiger partial charge in [0.2, 0.25) is 11.8 Å². The number of amides is 5. The Morgan fingerprint density at radius 3 is 2.52 bits per heavy atom. The lowest BCUT2D eigenvalue weighted by Crippen LogP contribution is -2.52. The normalized spacial score (nSPS) is 16.5. The monoisotopic (exact) mass is 584 g/mol. The summed E-state index contributed by atoms with van der Waals surface area (Å²) in [7, 11) is 0. The molecule has 0 radical (unpaired) electrons. The molecule has 0 aromatic heterocycles. The molecule has 13 heteroatoms. The third-order valence-electron chi connectivity index (χ3n) is 6.40. The van der Waals surface area contributed by atoms with E-state index in [2.05, 4.69) is 22.5 Å². The van der Waals surface area contributed by atoms with Gasteiger partial charge < -0.3 is 25.0 Å². The van der Waals surface area contributed by atoms with E-state index in [9.17, 15) is 32.8 Å². The number of rotatable bonds is 8. The van der Waals surface area contributed by atoms with Gasteiger partial charge in [0.15, 0.2) is 11.6 Å². The first-order valence-corrected chi connectivity index (χ1v) is 13.1. The number of imide groups is 1. The Bertz CT molecular complexity index is 1490. The van der Waals surface area contributed by atoms with Crippen LogP contribution in [-0.2, 0) is 32.2 Å². The van der Waals surface area contributed by atoms with E-state index < -0.39 is 47.8 Å². The van der Waals surface area contributed by atoms with Crippen molar-refractivity contribution in [2.24, 2.45) is 0 Å². The van der Waals surface area contributed by atoms with Crippen molar-refractivity contribution in [2.75, 3.05) is 11.9 Å². The number of carbonyl (C=O) groups is 5. The van der Waals surface area contributed by atoms with Gasteiger partial charge in [0.05, 0.1) is 11.3 Å². The van der Waals surface area contributed by atoms with Crippen LogP contribution in [-0.4, -0.2) is 52.9 Å². The molecule has 1 atom stereocenters. The Morgan fingerprint density at radius 1 is 1.12 bits per heavy atom. The van der Waals surface area contributed by atoms with Crippen LogP contribution >= 0.6 is 0 Å². The first-order valence-electron chi connectivity index (χ1n) is 13.1. The predicted octanol–water partition coefficient (Wildman–Crippen LogP) is 3.32. The minimum atomic E-state index is -1.23. The van der Waals surface area contributed by atoms with Crippen LogP contribution in [0.15, 0.2) is 42.5 Å². The van der Waals surface area contributed by atoms with Gasteiger partial charge in [-0.3, -0.25) is 19.7 Å². The zero-order chi connectivity index (χ0) is 30.8. The molecular weight excluding hydrogens is 554 g/mol. The number of ether oxygens (including phenoxy) is 2. The first-order chi connectivity index (χ1) is 19.7. The quantitative estimate of drug-likeness (QED) is 0.245. The van der Waals surface area contributed by atoms with Crippen molar-refractivity contribution >= 4 is 35.4 Å². The number of esters is 1. The maximum absolute atomic E-state index is 14.0. The Balaban J connectivity index is 1.37. The van der Waals surface area contributed by atoms with Gasteiger partial charge in [0.25, 0.3) is 5.91 Å². The minimum absolute atomic E-state index is 0.0149. The number of nitrogens with one attached hydrogen (secondary N) is 3. The van der Waals surface area contributed by atoms with Crippen LogP contribution in [0.2, 0.25) is 0 Å². The highest BCUT2D eigenvalue weighted by Gasteiger charge is 2.39. The van der Waals surface area contributed by atoms with Crippen LogP contribution < -0.4 is 20.7 Å². The van der Waals surface area contributed by atoms with Crippen LogP contribution in [0.5, 0.6) is 5.75 Å². The molecule has 2 aromatic rings. The van der Waals surface area contributed by atoms with Gasteiger partial charge in [0, 0.05) is 37.2 Å². The molecule has 1 unspecified atom stereocenters. The summed E-state index contributed by atoms with van der Waals surface area (Å²) in [4.78, 5) is 62.7. The fraction of sp³-hybridized carbons (Fsp3) is 0.345. The molecule has 42 heavy (non-hydrogen) atoms. The van der Waals surface area contributed by atoms with Crippen molar-refractivity contribution in [3.8, 4) is 5.75 Å². The number of urea groups is 1. The van der Waals surface area contributed by atoms with E-state index in [4.69, 9.17) is 9.47 Å². The number of hydrogen-bond acceptors (Lipinski definition) is 7. The lowest BCUT2D eigenvalue weighted by molar-refractivity contribution is -0.150. The summed E-state index contributed by atoms with van der Waals surface area (Å²) in [5, 5.41) is 7.24. The highest BCUT2D eigenvalue weighted by atomic mass is 19.2. The molecule has 5 amide bonds. The highest BCUT2D eigenvalue weighted by Crippen LogP contribution is 2.30. The molecule has 2 aliphatic heterocycles. The highest BCUT2D eigenvalue weighted by molar-refractivity contribution is 6.05. The van der Waals surface area contributed by atoms with E-state index in [1.165, 1.54) is 4.90 Å². The first kappa shape index (κ1) is 30.2. The summed E-state index contributed by atoms with van der Waals surface area (Å²) >= 11 is 0. The van der Waals surface area contributed by atoms with Gasteiger partial charge in [0.1, 0.15) is 24.0 Å². The Hall–Kier alpha value is -4.81. The largest absolute Gasteiger partial charge is 0.486 e. The lowest BCUT2D eigenvalue weighted by Gasteiger charge is -2.29. The van der Waals surface area contributed by atoms with Crippen LogP contribution in [0.3, 0.4) is 0 Å². The lowest BCUT2D eigenvalue weighted by atomic mass is 10.0. The van der Waals surface area contributed by atoms with Crippen LogP contribution in [0.1, 0.15) is 55.1 Å².